The molecule has 0 spiro atoms. The molecule has 0 aliphatic carbocycles. The average molecular weight is 341 g/mol. The molecular formula is C18H19N3O4. The van der Waals surface area contributed by atoms with Crippen LogP contribution in [0.5, 0.6) is 5.75 Å². The number of hydrogen-bond acceptors (Lipinski definition) is 6. The Morgan fingerprint density at radius 2 is 2.04 bits per heavy atom. The first-order chi connectivity index (χ1) is 12.2. The molecule has 1 N–H and O–H groups in total. The maximum atomic E-state index is 11.7. The van der Waals surface area contributed by atoms with Crippen LogP contribution >= 0.6 is 0 Å². The summed E-state index contributed by atoms with van der Waals surface area (Å²) in [4.78, 5) is 27.3. The third-order valence-electron chi connectivity index (χ3n) is 2.98. The van der Waals surface area contributed by atoms with E-state index in [4.69, 9.17) is 9.47 Å². The SMILES string of the molecule is CCCOC(=O)c1ccc(OCC(=O)NN=Cc2cccnc2)cc1. The second kappa shape index (κ2) is 9.82. The minimum absolute atomic E-state index is 0.190. The van der Waals surface area contributed by atoms with E-state index in [-0.39, 0.29) is 12.6 Å². The summed E-state index contributed by atoms with van der Waals surface area (Å²) < 4.78 is 10.4. The van der Waals surface area contributed by atoms with Crippen LogP contribution in [-0.4, -0.2) is 36.3 Å². The van der Waals surface area contributed by atoms with E-state index < -0.39 is 5.91 Å². The van der Waals surface area contributed by atoms with Gasteiger partial charge in [0.15, 0.2) is 6.61 Å². The predicted molar refractivity (Wildman–Crippen MR) is 92.5 cm³/mol. The summed E-state index contributed by atoms with van der Waals surface area (Å²) in [6.45, 7) is 2.12. The van der Waals surface area contributed by atoms with Gasteiger partial charge in [-0.3, -0.25) is 9.78 Å². The largest absolute Gasteiger partial charge is 0.484 e. The van der Waals surface area contributed by atoms with Gasteiger partial charge in [-0.15, -0.1) is 0 Å². The van der Waals surface area contributed by atoms with Crippen LogP contribution in [0.1, 0.15) is 29.3 Å². The van der Waals surface area contributed by atoms with E-state index in [2.05, 4.69) is 15.5 Å². The molecule has 0 aliphatic rings. The van der Waals surface area contributed by atoms with Crippen LogP contribution in [0.25, 0.3) is 0 Å². The first kappa shape index (κ1) is 18.1. The van der Waals surface area contributed by atoms with Gasteiger partial charge in [-0.05, 0) is 36.8 Å². The quantitative estimate of drug-likeness (QED) is 0.451. The maximum absolute atomic E-state index is 11.7. The van der Waals surface area contributed by atoms with Crippen molar-refractivity contribution in [3.8, 4) is 5.75 Å². The fourth-order valence-corrected chi connectivity index (χ4v) is 1.78. The van der Waals surface area contributed by atoms with E-state index in [0.29, 0.717) is 17.9 Å². The molecule has 25 heavy (non-hydrogen) atoms. The lowest BCUT2D eigenvalue weighted by Gasteiger charge is -2.06. The second-order valence-electron chi connectivity index (χ2n) is 5.03. The highest BCUT2D eigenvalue weighted by atomic mass is 16.5. The van der Waals surface area contributed by atoms with E-state index in [1.54, 1.807) is 42.7 Å². The van der Waals surface area contributed by atoms with E-state index in [1.165, 1.54) is 6.21 Å². The van der Waals surface area contributed by atoms with Crippen LogP contribution in [-0.2, 0) is 9.53 Å². The number of esters is 1. The van der Waals surface area contributed by atoms with Crippen LogP contribution in [0.2, 0.25) is 0 Å². The molecule has 0 atom stereocenters. The zero-order chi connectivity index (χ0) is 17.9. The lowest BCUT2D eigenvalue weighted by atomic mass is 10.2. The molecule has 1 aromatic heterocycles. The molecule has 0 radical (unpaired) electrons. The molecule has 0 saturated heterocycles. The number of rotatable bonds is 8. The third kappa shape index (κ3) is 6.42. The minimum atomic E-state index is -0.397. The first-order valence-corrected chi connectivity index (χ1v) is 7.81. The van der Waals surface area contributed by atoms with Gasteiger partial charge in [0.2, 0.25) is 0 Å². The summed E-state index contributed by atoms with van der Waals surface area (Å²) in [5.74, 6) is -0.305. The van der Waals surface area contributed by atoms with Crippen LogP contribution in [0, 0.1) is 0 Å². The molecule has 0 bridgehead atoms. The summed E-state index contributed by atoms with van der Waals surface area (Å²) in [6, 6.07) is 9.97. The molecule has 0 fully saturated rings. The lowest BCUT2D eigenvalue weighted by molar-refractivity contribution is -0.123. The highest BCUT2D eigenvalue weighted by Gasteiger charge is 2.07. The number of carbonyl (C=O) groups excluding carboxylic acids is 2. The van der Waals surface area contributed by atoms with Crippen LogP contribution in [0.15, 0.2) is 53.9 Å². The van der Waals surface area contributed by atoms with Crippen LogP contribution in [0.4, 0.5) is 0 Å². The van der Waals surface area contributed by atoms with Crippen molar-refractivity contribution in [3.05, 3.63) is 59.9 Å². The van der Waals surface area contributed by atoms with Crippen molar-refractivity contribution in [3.63, 3.8) is 0 Å². The Morgan fingerprint density at radius 1 is 1.24 bits per heavy atom. The van der Waals surface area contributed by atoms with Gasteiger partial charge in [-0.25, -0.2) is 10.2 Å². The molecule has 2 aromatic rings. The Hall–Kier alpha value is -3.22. The fourth-order valence-electron chi connectivity index (χ4n) is 1.78. The van der Waals surface area contributed by atoms with E-state index in [1.807, 2.05) is 13.0 Å². The summed E-state index contributed by atoms with van der Waals surface area (Å²) in [5, 5.41) is 3.81. The van der Waals surface area contributed by atoms with Gasteiger partial charge in [0, 0.05) is 18.0 Å². The number of amides is 1. The van der Waals surface area contributed by atoms with E-state index in [9.17, 15) is 9.59 Å². The number of carbonyl (C=O) groups is 2. The number of nitrogens with zero attached hydrogens (tertiary/aromatic N) is 2. The standard InChI is InChI=1S/C18H19N3O4/c1-2-10-24-18(23)15-5-7-16(8-6-15)25-13-17(22)21-20-12-14-4-3-9-19-11-14/h3-9,11-12H,2,10,13H2,1H3,(H,21,22). The van der Waals surface area contributed by atoms with Gasteiger partial charge in [0.1, 0.15) is 5.75 Å². The smallest absolute Gasteiger partial charge is 0.338 e. The molecule has 1 amide bonds. The number of benzene rings is 1. The normalized spacial score (nSPS) is 10.4. The summed E-state index contributed by atoms with van der Waals surface area (Å²) in [5.41, 5.74) is 3.57. The van der Waals surface area contributed by atoms with Crippen molar-refractivity contribution < 1.29 is 19.1 Å². The Labute approximate surface area is 145 Å². The van der Waals surface area contributed by atoms with E-state index in [0.717, 1.165) is 12.0 Å². The number of aromatic nitrogens is 1. The highest BCUT2D eigenvalue weighted by molar-refractivity contribution is 5.89. The summed E-state index contributed by atoms with van der Waals surface area (Å²) >= 11 is 0. The zero-order valence-electron chi connectivity index (χ0n) is 13.8. The van der Waals surface area contributed by atoms with Gasteiger partial charge in [0.05, 0.1) is 18.4 Å². The number of nitrogens with one attached hydrogen (secondary N) is 1. The van der Waals surface area contributed by atoms with Gasteiger partial charge in [-0.1, -0.05) is 13.0 Å². The van der Waals surface area contributed by atoms with Crippen LogP contribution < -0.4 is 10.2 Å². The molecule has 0 aliphatic heterocycles. The predicted octanol–water partition coefficient (Wildman–Crippen LogP) is 2.18. The Bertz CT molecular complexity index is 715. The second-order valence-corrected chi connectivity index (χ2v) is 5.03. The molecular weight excluding hydrogens is 322 g/mol. The van der Waals surface area contributed by atoms with Gasteiger partial charge < -0.3 is 9.47 Å². The maximum Gasteiger partial charge on any atom is 0.338 e. The zero-order valence-corrected chi connectivity index (χ0v) is 13.8. The molecule has 1 heterocycles. The van der Waals surface area contributed by atoms with Gasteiger partial charge >= 0.3 is 5.97 Å². The van der Waals surface area contributed by atoms with Crippen molar-refractivity contribution in [2.24, 2.45) is 5.10 Å². The topological polar surface area (TPSA) is 89.9 Å². The molecule has 2 rings (SSSR count). The number of hydrogen-bond donors (Lipinski definition) is 1. The van der Waals surface area contributed by atoms with Crippen molar-refractivity contribution in [1.82, 2.24) is 10.4 Å². The molecule has 7 nitrogen and oxygen atoms in total. The summed E-state index contributed by atoms with van der Waals surface area (Å²) in [6.07, 6.45) is 5.53. The monoisotopic (exact) mass is 341 g/mol. The lowest BCUT2D eigenvalue weighted by Crippen LogP contribution is -2.24. The molecule has 1 aromatic carbocycles. The number of hydrazone groups is 1. The van der Waals surface area contributed by atoms with Crippen LogP contribution in [0.3, 0.4) is 0 Å². The Morgan fingerprint density at radius 3 is 2.72 bits per heavy atom. The van der Waals surface area contributed by atoms with Gasteiger partial charge in [0.25, 0.3) is 5.91 Å². The Balaban J connectivity index is 1.76. The number of ether oxygens (including phenoxy) is 2. The van der Waals surface area contributed by atoms with Crippen molar-refractivity contribution in [2.45, 2.75) is 13.3 Å². The number of pyridine rings is 1. The van der Waals surface area contributed by atoms with E-state index >= 15 is 0 Å². The highest BCUT2D eigenvalue weighted by Crippen LogP contribution is 2.13. The fraction of sp³-hybridized carbons (Fsp3) is 0.222. The molecule has 130 valence electrons. The van der Waals surface area contributed by atoms with Gasteiger partial charge in [-0.2, -0.15) is 5.10 Å². The molecule has 0 saturated carbocycles. The molecule has 7 heteroatoms. The third-order valence-corrected chi connectivity index (χ3v) is 2.98. The van der Waals surface area contributed by atoms with Crippen molar-refractivity contribution in [2.75, 3.05) is 13.2 Å². The van der Waals surface area contributed by atoms with Crippen molar-refractivity contribution in [1.29, 1.82) is 0 Å². The Kier molecular flexibility index (Phi) is 7.12. The molecule has 0 unspecified atom stereocenters. The minimum Gasteiger partial charge on any atom is -0.484 e. The average Bonchev–Trinajstić information content (AvgIpc) is 2.65. The van der Waals surface area contributed by atoms with Crippen molar-refractivity contribution >= 4 is 18.1 Å². The summed E-state index contributed by atoms with van der Waals surface area (Å²) in [7, 11) is 0. The first-order valence-electron chi connectivity index (χ1n) is 7.81.